The average Bonchev–Trinajstić information content (AvgIpc) is 2.60. The third kappa shape index (κ3) is 3.79. The number of hydrogen-bond donors (Lipinski definition) is 3. The van der Waals surface area contributed by atoms with Gasteiger partial charge in [0.2, 0.25) is 0 Å². The number of hydrogen-bond acceptors (Lipinski definition) is 6. The number of fused-ring (bicyclic) bond motifs is 1. The van der Waals surface area contributed by atoms with Gasteiger partial charge in [0.05, 0.1) is 7.11 Å². The van der Waals surface area contributed by atoms with Gasteiger partial charge in [-0.05, 0) is 23.3 Å². The van der Waals surface area contributed by atoms with Gasteiger partial charge < -0.3 is 19.8 Å². The Morgan fingerprint density at radius 1 is 1.04 bits per heavy atom. The number of rotatable bonds is 6. The minimum atomic E-state index is -1.90. The van der Waals surface area contributed by atoms with Crippen molar-refractivity contribution in [3.05, 3.63) is 59.9 Å². The molecule has 0 atom stereocenters. The maximum atomic E-state index is 9.05. The van der Waals surface area contributed by atoms with E-state index < -0.39 is 8.38 Å². The Morgan fingerprint density at radius 3 is 2.50 bits per heavy atom. The van der Waals surface area contributed by atoms with Crippen molar-refractivity contribution >= 4 is 25.1 Å². The molecule has 0 unspecified atom stereocenters. The lowest BCUT2D eigenvalue weighted by Crippen LogP contribution is -2.03. The van der Waals surface area contributed by atoms with Crippen LogP contribution in [-0.2, 0) is 12.7 Å². The Balaban J connectivity index is 1.76. The predicted octanol–water partition coefficient (Wildman–Crippen LogP) is 3.05. The normalized spacial score (nSPS) is 11.0. The number of aromatic nitrogens is 2. The van der Waals surface area contributed by atoms with E-state index in [0.29, 0.717) is 18.5 Å². The quantitative estimate of drug-likeness (QED) is 0.596. The molecule has 0 amide bonds. The van der Waals surface area contributed by atoms with Crippen LogP contribution < -0.4 is 10.1 Å². The first kappa shape index (κ1) is 16.6. The van der Waals surface area contributed by atoms with Crippen LogP contribution in [0.5, 0.6) is 5.75 Å². The van der Waals surface area contributed by atoms with E-state index in [9.17, 15) is 0 Å². The summed E-state index contributed by atoms with van der Waals surface area (Å²) in [5, 5.41) is 4.22. The summed E-state index contributed by atoms with van der Waals surface area (Å²) in [6.07, 6.45) is 1.81. The maximum absolute atomic E-state index is 9.05. The second kappa shape index (κ2) is 7.53. The van der Waals surface area contributed by atoms with E-state index in [1.165, 1.54) is 6.33 Å². The molecule has 0 saturated carbocycles. The first-order valence-corrected chi connectivity index (χ1v) is 8.85. The highest BCUT2D eigenvalue weighted by molar-refractivity contribution is 7.44. The molecule has 0 aliphatic rings. The Bertz CT molecular complexity index is 825. The molecule has 3 aromatic rings. The van der Waals surface area contributed by atoms with Crippen LogP contribution in [0.4, 0.5) is 5.82 Å². The van der Waals surface area contributed by atoms with Crippen LogP contribution in [0.1, 0.15) is 11.1 Å². The van der Waals surface area contributed by atoms with Crippen molar-refractivity contribution in [3.63, 3.8) is 0 Å². The molecule has 24 heavy (non-hydrogen) atoms. The first-order chi connectivity index (χ1) is 11.7. The summed E-state index contributed by atoms with van der Waals surface area (Å²) < 4.78 is 5.33. The molecule has 3 rings (SSSR count). The molecule has 0 spiro atoms. The number of para-hydroxylation sites is 1. The molecule has 0 fully saturated rings. The summed E-state index contributed by atoms with van der Waals surface area (Å²) >= 11 is 0. The van der Waals surface area contributed by atoms with Crippen molar-refractivity contribution in [2.75, 3.05) is 12.4 Å². The second-order valence-electron chi connectivity index (χ2n) is 5.28. The predicted molar refractivity (Wildman–Crippen MR) is 94.9 cm³/mol. The summed E-state index contributed by atoms with van der Waals surface area (Å²) in [6.45, 7) is 0.608. The largest absolute Gasteiger partial charge is 0.494 e. The van der Waals surface area contributed by atoms with Crippen molar-refractivity contribution in [1.29, 1.82) is 0 Å². The topological polar surface area (TPSA) is 87.5 Å². The van der Waals surface area contributed by atoms with Gasteiger partial charge in [0.15, 0.2) is 8.38 Å². The zero-order valence-corrected chi connectivity index (χ0v) is 14.1. The molecule has 2 aromatic carbocycles. The zero-order chi connectivity index (χ0) is 16.9. The molecule has 0 bridgehead atoms. The van der Waals surface area contributed by atoms with Crippen LogP contribution in [-0.4, -0.2) is 26.9 Å². The van der Waals surface area contributed by atoms with Crippen LogP contribution in [0.3, 0.4) is 0 Å². The molecule has 0 aliphatic heterocycles. The lowest BCUT2D eigenvalue weighted by molar-refractivity contribution is 0.419. The summed E-state index contributed by atoms with van der Waals surface area (Å²) in [6, 6.07) is 13.5. The fraction of sp³-hybridized carbons (Fsp3) is 0.176. The van der Waals surface area contributed by atoms with Crippen LogP contribution in [0.15, 0.2) is 48.8 Å². The van der Waals surface area contributed by atoms with Gasteiger partial charge in [-0.1, -0.05) is 30.3 Å². The van der Waals surface area contributed by atoms with Crippen molar-refractivity contribution < 1.29 is 14.5 Å². The molecule has 6 nitrogen and oxygen atoms in total. The zero-order valence-electron chi connectivity index (χ0n) is 13.2. The Labute approximate surface area is 141 Å². The van der Waals surface area contributed by atoms with Gasteiger partial charge in [-0.15, -0.1) is 0 Å². The third-order valence-electron chi connectivity index (χ3n) is 3.65. The number of ether oxygens (including phenoxy) is 1. The molecule has 0 radical (unpaired) electrons. The summed E-state index contributed by atoms with van der Waals surface area (Å²) in [4.78, 5) is 26.7. The number of nitrogens with zero attached hydrogens (tertiary/aromatic N) is 2. The lowest BCUT2D eigenvalue weighted by atomic mass is 10.1. The number of methoxy groups -OCH3 is 1. The van der Waals surface area contributed by atoms with E-state index in [-0.39, 0.29) is 0 Å². The van der Waals surface area contributed by atoms with Crippen molar-refractivity contribution in [2.24, 2.45) is 0 Å². The fourth-order valence-electron chi connectivity index (χ4n) is 2.48. The van der Waals surface area contributed by atoms with E-state index in [4.69, 9.17) is 14.5 Å². The molecule has 1 heterocycles. The number of anilines is 1. The number of nitrogens with one attached hydrogen (secondary N) is 1. The van der Waals surface area contributed by atoms with Crippen LogP contribution in [0.25, 0.3) is 10.9 Å². The van der Waals surface area contributed by atoms with Crippen LogP contribution in [0, 0.1) is 0 Å². The summed E-state index contributed by atoms with van der Waals surface area (Å²) in [5.74, 6) is 1.46. The Morgan fingerprint density at radius 2 is 1.79 bits per heavy atom. The van der Waals surface area contributed by atoms with E-state index in [2.05, 4.69) is 15.3 Å². The van der Waals surface area contributed by atoms with Crippen molar-refractivity contribution in [3.8, 4) is 5.75 Å². The summed E-state index contributed by atoms with van der Waals surface area (Å²) in [7, 11) is -0.278. The minimum absolute atomic E-state index is 0.291. The van der Waals surface area contributed by atoms with Gasteiger partial charge in [0, 0.05) is 18.1 Å². The first-order valence-electron chi connectivity index (χ1n) is 7.42. The number of benzene rings is 2. The van der Waals surface area contributed by atoms with E-state index in [0.717, 1.165) is 27.8 Å². The third-order valence-corrected chi connectivity index (χ3v) is 4.30. The minimum Gasteiger partial charge on any atom is -0.494 e. The standard InChI is InChI=1S/C17H18N3O3P/c1-23-15-4-2-3-14-16(15)19-11-20-17(14)18-9-12-5-7-13(8-6-12)10-24(21)22/h2-8,11,21-22H,9-10H2,1H3,(H,18,19,20). The molecule has 1 aromatic heterocycles. The molecule has 0 saturated heterocycles. The average molecular weight is 343 g/mol. The van der Waals surface area contributed by atoms with Gasteiger partial charge in [0.25, 0.3) is 0 Å². The molecule has 0 aliphatic carbocycles. The van der Waals surface area contributed by atoms with Gasteiger partial charge in [-0.25, -0.2) is 9.97 Å². The van der Waals surface area contributed by atoms with Gasteiger partial charge in [-0.3, -0.25) is 0 Å². The molecule has 3 N–H and O–H groups in total. The Hall–Kier alpha value is -2.27. The summed E-state index contributed by atoms with van der Waals surface area (Å²) in [5.41, 5.74) is 2.76. The molecule has 7 heteroatoms. The van der Waals surface area contributed by atoms with Gasteiger partial charge in [-0.2, -0.15) is 0 Å². The molecule has 124 valence electrons. The van der Waals surface area contributed by atoms with Crippen LogP contribution in [0.2, 0.25) is 0 Å². The molecular formula is C17H18N3O3P. The maximum Gasteiger partial charge on any atom is 0.169 e. The van der Waals surface area contributed by atoms with E-state index >= 15 is 0 Å². The fourth-order valence-corrected chi connectivity index (χ4v) is 3.02. The molecular weight excluding hydrogens is 325 g/mol. The van der Waals surface area contributed by atoms with E-state index in [1.54, 1.807) is 7.11 Å². The van der Waals surface area contributed by atoms with Crippen molar-refractivity contribution in [1.82, 2.24) is 9.97 Å². The highest BCUT2D eigenvalue weighted by Crippen LogP contribution is 2.29. The highest BCUT2D eigenvalue weighted by Gasteiger charge is 2.08. The Kier molecular flexibility index (Phi) is 5.20. The van der Waals surface area contributed by atoms with E-state index in [1.807, 2.05) is 42.5 Å². The second-order valence-corrected chi connectivity index (χ2v) is 6.34. The highest BCUT2D eigenvalue weighted by atomic mass is 31.2. The van der Waals surface area contributed by atoms with Crippen LogP contribution >= 0.6 is 8.38 Å². The smallest absolute Gasteiger partial charge is 0.169 e. The van der Waals surface area contributed by atoms with Crippen molar-refractivity contribution in [2.45, 2.75) is 12.7 Å². The monoisotopic (exact) mass is 343 g/mol. The van der Waals surface area contributed by atoms with Gasteiger partial charge in [0.1, 0.15) is 23.4 Å². The lowest BCUT2D eigenvalue weighted by Gasteiger charge is -2.10. The van der Waals surface area contributed by atoms with Gasteiger partial charge >= 0.3 is 0 Å². The SMILES string of the molecule is COc1cccc2c(NCc3ccc(CP(O)O)cc3)ncnc12.